The van der Waals surface area contributed by atoms with E-state index in [4.69, 9.17) is 11.6 Å². The monoisotopic (exact) mass is 328 g/mol. The molecule has 0 N–H and O–H groups in total. The third kappa shape index (κ3) is 2.34. The normalized spacial score (nSPS) is 10.3. The Morgan fingerprint density at radius 3 is 2.47 bits per heavy atom. The summed E-state index contributed by atoms with van der Waals surface area (Å²) in [6.07, 6.45) is 0. The van der Waals surface area contributed by atoms with Crippen LogP contribution in [0.15, 0.2) is 42.5 Å². The van der Waals surface area contributed by atoms with Crippen LogP contribution in [0.25, 0.3) is 11.1 Å². The maximum absolute atomic E-state index is 6.20. The van der Waals surface area contributed by atoms with Crippen molar-refractivity contribution in [1.29, 1.82) is 0 Å². The smallest absolute Gasteiger partial charge is 0.0484 e. The molecular weight excluding hydrogens is 318 g/mol. The first-order valence-electron chi connectivity index (χ1n) is 4.69. The van der Waals surface area contributed by atoms with Crippen molar-refractivity contribution in [3.8, 4) is 11.1 Å². The third-order valence-electron chi connectivity index (χ3n) is 2.29. The third-order valence-corrected chi connectivity index (χ3v) is 3.56. The lowest BCUT2D eigenvalue weighted by molar-refractivity contribution is 1.46. The van der Waals surface area contributed by atoms with Crippen LogP contribution in [0.5, 0.6) is 0 Å². The van der Waals surface area contributed by atoms with Gasteiger partial charge in [0.2, 0.25) is 0 Å². The fourth-order valence-electron chi connectivity index (χ4n) is 1.53. The van der Waals surface area contributed by atoms with Gasteiger partial charge in [0, 0.05) is 14.2 Å². The minimum Gasteiger partial charge on any atom is -0.0837 e. The molecule has 0 saturated carbocycles. The van der Waals surface area contributed by atoms with E-state index < -0.39 is 0 Å². The summed E-state index contributed by atoms with van der Waals surface area (Å²) in [5.41, 5.74) is 3.54. The molecule has 0 aliphatic carbocycles. The average Bonchev–Trinajstić information content (AvgIpc) is 2.23. The Labute approximate surface area is 108 Å². The standard InChI is InChI=1S/C13H10ClI/c1-9-6-7-12(14)11(8-9)10-4-2-3-5-13(10)15/h2-8H,1H3. The van der Waals surface area contributed by atoms with Crippen LogP contribution in [0.2, 0.25) is 5.02 Å². The first-order chi connectivity index (χ1) is 7.18. The van der Waals surface area contributed by atoms with Gasteiger partial charge in [0.1, 0.15) is 0 Å². The first-order valence-corrected chi connectivity index (χ1v) is 6.15. The molecule has 0 aromatic heterocycles. The van der Waals surface area contributed by atoms with E-state index in [2.05, 4.69) is 47.7 Å². The molecule has 0 heterocycles. The highest BCUT2D eigenvalue weighted by Gasteiger charge is 2.06. The number of aryl methyl sites for hydroxylation is 1. The zero-order chi connectivity index (χ0) is 10.8. The van der Waals surface area contributed by atoms with Crippen LogP contribution in [0.1, 0.15) is 5.56 Å². The van der Waals surface area contributed by atoms with Crippen molar-refractivity contribution in [2.45, 2.75) is 6.92 Å². The lowest BCUT2D eigenvalue weighted by Gasteiger charge is -2.07. The van der Waals surface area contributed by atoms with Gasteiger partial charge in [-0.3, -0.25) is 0 Å². The Kier molecular flexibility index (Phi) is 3.32. The highest BCUT2D eigenvalue weighted by Crippen LogP contribution is 2.31. The minimum absolute atomic E-state index is 0.810. The van der Waals surface area contributed by atoms with Crippen LogP contribution in [0.3, 0.4) is 0 Å². The Morgan fingerprint density at radius 2 is 1.73 bits per heavy atom. The average molecular weight is 329 g/mol. The van der Waals surface area contributed by atoms with Crippen LogP contribution >= 0.6 is 34.2 Å². The van der Waals surface area contributed by atoms with E-state index in [9.17, 15) is 0 Å². The molecule has 0 saturated heterocycles. The summed E-state index contributed by atoms with van der Waals surface area (Å²) >= 11 is 8.53. The fraction of sp³-hybridized carbons (Fsp3) is 0.0769. The maximum atomic E-state index is 6.20. The summed E-state index contributed by atoms with van der Waals surface area (Å²) in [5, 5.41) is 0.810. The van der Waals surface area contributed by atoms with Gasteiger partial charge < -0.3 is 0 Å². The lowest BCUT2D eigenvalue weighted by Crippen LogP contribution is -1.84. The van der Waals surface area contributed by atoms with E-state index >= 15 is 0 Å². The molecule has 76 valence electrons. The number of rotatable bonds is 1. The van der Waals surface area contributed by atoms with Gasteiger partial charge in [-0.25, -0.2) is 0 Å². The second-order valence-electron chi connectivity index (χ2n) is 3.46. The van der Waals surface area contributed by atoms with Crippen LogP contribution in [0, 0.1) is 10.5 Å². The van der Waals surface area contributed by atoms with Crippen LogP contribution < -0.4 is 0 Å². The van der Waals surface area contributed by atoms with Crippen molar-refractivity contribution in [1.82, 2.24) is 0 Å². The summed E-state index contributed by atoms with van der Waals surface area (Å²) in [7, 11) is 0. The van der Waals surface area contributed by atoms with E-state index in [0.29, 0.717) is 0 Å². The summed E-state index contributed by atoms with van der Waals surface area (Å²) in [5.74, 6) is 0. The molecule has 0 bridgehead atoms. The van der Waals surface area contributed by atoms with E-state index in [0.717, 1.165) is 10.6 Å². The van der Waals surface area contributed by atoms with Gasteiger partial charge in [-0.2, -0.15) is 0 Å². The van der Waals surface area contributed by atoms with Crippen molar-refractivity contribution in [3.63, 3.8) is 0 Å². The molecule has 2 aromatic carbocycles. The second-order valence-corrected chi connectivity index (χ2v) is 5.03. The van der Waals surface area contributed by atoms with E-state index in [1.165, 1.54) is 14.7 Å². The van der Waals surface area contributed by atoms with E-state index in [1.807, 2.05) is 24.3 Å². The van der Waals surface area contributed by atoms with Crippen molar-refractivity contribution in [3.05, 3.63) is 56.6 Å². The molecule has 0 fully saturated rings. The molecule has 2 rings (SSSR count). The molecule has 15 heavy (non-hydrogen) atoms. The van der Waals surface area contributed by atoms with Crippen molar-refractivity contribution < 1.29 is 0 Å². The van der Waals surface area contributed by atoms with Crippen molar-refractivity contribution >= 4 is 34.2 Å². The number of hydrogen-bond acceptors (Lipinski definition) is 0. The summed E-state index contributed by atoms with van der Waals surface area (Å²) in [6, 6.07) is 14.4. The highest BCUT2D eigenvalue weighted by molar-refractivity contribution is 14.1. The molecule has 0 atom stereocenters. The topological polar surface area (TPSA) is 0 Å². The van der Waals surface area contributed by atoms with Gasteiger partial charge in [-0.05, 0) is 53.3 Å². The van der Waals surface area contributed by atoms with Gasteiger partial charge in [-0.1, -0.05) is 41.4 Å². The Morgan fingerprint density at radius 1 is 1.00 bits per heavy atom. The SMILES string of the molecule is Cc1ccc(Cl)c(-c2ccccc2I)c1. The maximum Gasteiger partial charge on any atom is 0.0484 e. The molecule has 2 aromatic rings. The number of halogens is 2. The highest BCUT2D eigenvalue weighted by atomic mass is 127. The molecular formula is C13H10ClI. The zero-order valence-corrected chi connectivity index (χ0v) is 11.2. The number of benzene rings is 2. The molecule has 0 aliphatic rings. The van der Waals surface area contributed by atoms with Crippen LogP contribution in [0.4, 0.5) is 0 Å². The molecule has 0 amide bonds. The molecule has 0 unspecified atom stereocenters. The molecule has 0 aliphatic heterocycles. The van der Waals surface area contributed by atoms with Gasteiger partial charge in [0.05, 0.1) is 0 Å². The van der Waals surface area contributed by atoms with Gasteiger partial charge in [-0.15, -0.1) is 0 Å². The largest absolute Gasteiger partial charge is 0.0837 e. The quantitative estimate of drug-likeness (QED) is 0.652. The van der Waals surface area contributed by atoms with Crippen LogP contribution in [-0.2, 0) is 0 Å². The van der Waals surface area contributed by atoms with Crippen molar-refractivity contribution in [2.75, 3.05) is 0 Å². The summed E-state index contributed by atoms with van der Waals surface area (Å²) in [6.45, 7) is 2.08. The molecule has 2 heteroatoms. The van der Waals surface area contributed by atoms with Gasteiger partial charge in [0.15, 0.2) is 0 Å². The molecule has 0 nitrogen and oxygen atoms in total. The van der Waals surface area contributed by atoms with Gasteiger partial charge >= 0.3 is 0 Å². The van der Waals surface area contributed by atoms with E-state index in [-0.39, 0.29) is 0 Å². The first kappa shape index (κ1) is 11.0. The molecule has 0 radical (unpaired) electrons. The Hall–Kier alpha value is -0.540. The fourth-order valence-corrected chi connectivity index (χ4v) is 2.42. The minimum atomic E-state index is 0.810. The molecule has 0 spiro atoms. The summed E-state index contributed by atoms with van der Waals surface area (Å²) < 4.78 is 1.22. The summed E-state index contributed by atoms with van der Waals surface area (Å²) in [4.78, 5) is 0. The second kappa shape index (κ2) is 4.54. The zero-order valence-electron chi connectivity index (χ0n) is 8.30. The predicted molar refractivity (Wildman–Crippen MR) is 74.3 cm³/mol. The lowest BCUT2D eigenvalue weighted by atomic mass is 10.0. The number of hydrogen-bond donors (Lipinski definition) is 0. The van der Waals surface area contributed by atoms with Crippen LogP contribution in [-0.4, -0.2) is 0 Å². The predicted octanol–water partition coefficient (Wildman–Crippen LogP) is 4.92. The van der Waals surface area contributed by atoms with Crippen molar-refractivity contribution in [2.24, 2.45) is 0 Å². The Bertz CT molecular complexity index is 492. The Balaban J connectivity index is 2.64. The van der Waals surface area contributed by atoms with Gasteiger partial charge in [0.25, 0.3) is 0 Å². The van der Waals surface area contributed by atoms with E-state index in [1.54, 1.807) is 0 Å².